The van der Waals surface area contributed by atoms with Crippen LogP contribution in [-0.4, -0.2) is 77.7 Å². The average molecular weight is 423 g/mol. The first kappa shape index (κ1) is 29.3. The summed E-state index contributed by atoms with van der Waals surface area (Å²) in [6.45, 7) is 3.35. The molecule has 0 aliphatic rings. The summed E-state index contributed by atoms with van der Waals surface area (Å²) in [5.41, 5.74) is 0. The lowest BCUT2D eigenvalue weighted by molar-refractivity contribution is -0.122. The third-order valence-corrected chi connectivity index (χ3v) is 3.46. The van der Waals surface area contributed by atoms with Gasteiger partial charge in [-0.15, -0.1) is 0 Å². The minimum Gasteiger partial charge on any atom is -0.453 e. The fourth-order valence-corrected chi connectivity index (χ4v) is 2.01. The Bertz CT molecular complexity index is 425. The molecule has 0 heterocycles. The maximum atomic E-state index is 11.7. The normalized spacial score (nSPS) is 10.0. The number of hydrogen-bond donors (Lipinski definition) is 4. The van der Waals surface area contributed by atoms with Crippen molar-refractivity contribution < 1.29 is 33.4 Å². The zero-order valence-electron chi connectivity index (χ0n) is 16.6. The molecule has 0 bridgehead atoms. The average Bonchev–Trinajstić information content (AvgIpc) is 2.69. The topological polar surface area (TPSA) is 150 Å². The molecule has 172 valence electrons. The predicted octanol–water partition coefficient (Wildman–Crippen LogP) is 0.0849. The third kappa shape index (κ3) is 22.2. The Morgan fingerprint density at radius 2 is 1.28 bits per heavy atom. The van der Waals surface area contributed by atoms with Crippen molar-refractivity contribution in [1.29, 1.82) is 0 Å². The van der Waals surface area contributed by atoms with E-state index in [9.17, 15) is 14.4 Å². The highest BCUT2D eigenvalue weighted by Crippen LogP contribution is 1.96. The zero-order valence-corrected chi connectivity index (χ0v) is 16.6. The van der Waals surface area contributed by atoms with Gasteiger partial charge in [0, 0.05) is 32.5 Å². The molecule has 0 aromatic carbocycles. The van der Waals surface area contributed by atoms with Crippen LogP contribution in [0.15, 0.2) is 0 Å². The van der Waals surface area contributed by atoms with E-state index in [0.29, 0.717) is 71.9 Å². The number of alkyl carbamates (subject to hydrolysis) is 1. The number of hydrogen-bond acceptors (Lipinski definition) is 8. The molecular formula is C18H38N4O7. The maximum Gasteiger partial charge on any atom is 0.406 e. The first-order chi connectivity index (χ1) is 13.6. The molecule has 0 aromatic rings. The van der Waals surface area contributed by atoms with Crippen molar-refractivity contribution in [1.82, 2.24) is 16.0 Å². The Hall–Kier alpha value is -1.95. The number of nitrogens with one attached hydrogen (secondary N) is 3. The van der Waals surface area contributed by atoms with Gasteiger partial charge in [0.2, 0.25) is 11.8 Å². The summed E-state index contributed by atoms with van der Waals surface area (Å²) >= 11 is 0. The highest BCUT2D eigenvalue weighted by Gasteiger charge is 2.04. The van der Waals surface area contributed by atoms with Crippen LogP contribution < -0.4 is 21.8 Å². The number of unbranched alkanes of at least 4 members (excludes halogenated alkanes) is 1. The van der Waals surface area contributed by atoms with Crippen LogP contribution in [0.2, 0.25) is 0 Å². The van der Waals surface area contributed by atoms with Gasteiger partial charge in [-0.2, -0.15) is 0 Å². The van der Waals surface area contributed by atoms with E-state index in [0.717, 1.165) is 12.8 Å². The minimum atomic E-state index is -0.495. The second-order valence-corrected chi connectivity index (χ2v) is 5.77. The van der Waals surface area contributed by atoms with Crippen molar-refractivity contribution in [2.45, 2.75) is 39.5 Å². The van der Waals surface area contributed by atoms with Crippen LogP contribution in [0.5, 0.6) is 0 Å². The monoisotopic (exact) mass is 422 g/mol. The van der Waals surface area contributed by atoms with Crippen LogP contribution in [0, 0.1) is 0 Å². The number of carbonyl (C=O) groups excluding carboxylic acids is 3. The lowest BCUT2D eigenvalue weighted by atomic mass is 10.2. The number of ether oxygens (including phenoxy) is 3. The van der Waals surface area contributed by atoms with Crippen LogP contribution in [0.25, 0.3) is 0 Å². The van der Waals surface area contributed by atoms with Crippen molar-refractivity contribution >= 4 is 17.9 Å². The van der Waals surface area contributed by atoms with E-state index in [4.69, 9.17) is 15.4 Å². The number of nitrogens with two attached hydrogens (primary N) is 1. The summed E-state index contributed by atoms with van der Waals surface area (Å²) in [4.78, 5) is 38.4. The van der Waals surface area contributed by atoms with E-state index < -0.39 is 6.09 Å². The van der Waals surface area contributed by atoms with Gasteiger partial charge in [0.05, 0.1) is 40.1 Å². The lowest BCUT2D eigenvalue weighted by Crippen LogP contribution is -2.29. The van der Waals surface area contributed by atoms with E-state index in [1.165, 1.54) is 7.11 Å². The summed E-state index contributed by atoms with van der Waals surface area (Å²) in [6, 6.07) is 0. The molecule has 0 aromatic heterocycles. The second-order valence-electron chi connectivity index (χ2n) is 5.77. The molecule has 11 heteroatoms. The van der Waals surface area contributed by atoms with Crippen molar-refractivity contribution in [2.24, 2.45) is 5.90 Å². The Morgan fingerprint density at radius 1 is 0.724 bits per heavy atom. The minimum absolute atomic E-state index is 0. The lowest BCUT2D eigenvalue weighted by Gasteiger charge is -2.08. The second kappa shape index (κ2) is 22.3. The van der Waals surface area contributed by atoms with E-state index in [1.54, 1.807) is 0 Å². The third-order valence-electron chi connectivity index (χ3n) is 3.46. The molecule has 29 heavy (non-hydrogen) atoms. The molecule has 0 saturated heterocycles. The molecule has 3 amide bonds. The molecule has 0 atom stereocenters. The van der Waals surface area contributed by atoms with Crippen LogP contribution in [-0.2, 0) is 28.6 Å². The van der Waals surface area contributed by atoms with Gasteiger partial charge in [0.25, 0.3) is 0 Å². The van der Waals surface area contributed by atoms with E-state index in [2.05, 4.69) is 25.5 Å². The molecule has 0 radical (unpaired) electrons. The van der Waals surface area contributed by atoms with Gasteiger partial charge in [0.15, 0.2) is 0 Å². The first-order valence-corrected chi connectivity index (χ1v) is 9.42. The van der Waals surface area contributed by atoms with E-state index in [1.807, 2.05) is 0 Å². The van der Waals surface area contributed by atoms with Gasteiger partial charge in [-0.1, -0.05) is 7.43 Å². The smallest absolute Gasteiger partial charge is 0.406 e. The Morgan fingerprint density at radius 3 is 1.83 bits per heavy atom. The van der Waals surface area contributed by atoms with Crippen LogP contribution >= 0.6 is 0 Å². The molecule has 0 aliphatic heterocycles. The molecule has 0 unspecified atom stereocenters. The van der Waals surface area contributed by atoms with Gasteiger partial charge in [-0.05, 0) is 19.3 Å². The molecule has 0 saturated carbocycles. The highest BCUT2D eigenvalue weighted by atomic mass is 16.6. The summed E-state index contributed by atoms with van der Waals surface area (Å²) in [5, 5.41) is 8.00. The summed E-state index contributed by atoms with van der Waals surface area (Å²) in [6.07, 6.45) is 2.21. The van der Waals surface area contributed by atoms with Crippen LogP contribution in [0.4, 0.5) is 4.79 Å². The molecule has 0 rings (SSSR count). The van der Waals surface area contributed by atoms with E-state index in [-0.39, 0.29) is 19.2 Å². The van der Waals surface area contributed by atoms with Gasteiger partial charge in [-0.3, -0.25) is 9.59 Å². The summed E-state index contributed by atoms with van der Waals surface area (Å²) < 4.78 is 15.0. The fourth-order valence-electron chi connectivity index (χ4n) is 2.01. The quantitative estimate of drug-likeness (QED) is 0.179. The number of amides is 3. The zero-order chi connectivity index (χ0) is 20.9. The molecule has 0 fully saturated rings. The molecule has 0 spiro atoms. The standard InChI is InChI=1S/C17H34N4O7.CH4/c1-25-17(24)21-9-12-27-14-13-26-11-8-20-16(23)6-4-5-15(22)19-7-2-3-10-28-18;/h2-14,18H2,1H3,(H,19,22)(H,20,23)(H,21,24);1H4. The molecule has 11 nitrogen and oxygen atoms in total. The van der Waals surface area contributed by atoms with Gasteiger partial charge in [-0.25, -0.2) is 10.7 Å². The maximum absolute atomic E-state index is 11.7. The predicted molar refractivity (Wildman–Crippen MR) is 108 cm³/mol. The van der Waals surface area contributed by atoms with Crippen molar-refractivity contribution in [2.75, 3.05) is 59.8 Å². The van der Waals surface area contributed by atoms with Crippen molar-refractivity contribution in [3.8, 4) is 0 Å². The largest absolute Gasteiger partial charge is 0.453 e. The van der Waals surface area contributed by atoms with Crippen LogP contribution in [0.1, 0.15) is 39.5 Å². The summed E-state index contributed by atoms with van der Waals surface area (Å²) in [5.74, 6) is 4.73. The number of rotatable bonds is 18. The Kier molecular flexibility index (Phi) is 22.5. The number of carbonyl (C=O) groups is 3. The van der Waals surface area contributed by atoms with Crippen molar-refractivity contribution in [3.63, 3.8) is 0 Å². The molecule has 5 N–H and O–H groups in total. The SMILES string of the molecule is C.COC(=O)NCCOCCOCCNC(=O)CCCC(=O)NCCCCON. The number of methoxy groups -OCH3 is 1. The summed E-state index contributed by atoms with van der Waals surface area (Å²) in [7, 11) is 1.29. The fraction of sp³-hybridized carbons (Fsp3) is 0.833. The van der Waals surface area contributed by atoms with Gasteiger partial charge in [0.1, 0.15) is 0 Å². The van der Waals surface area contributed by atoms with Crippen molar-refractivity contribution in [3.05, 3.63) is 0 Å². The first-order valence-electron chi connectivity index (χ1n) is 9.42. The molecule has 0 aliphatic carbocycles. The van der Waals surface area contributed by atoms with Gasteiger partial charge < -0.3 is 35.0 Å². The highest BCUT2D eigenvalue weighted by molar-refractivity contribution is 5.78. The molecular weight excluding hydrogens is 384 g/mol. The Labute approximate surface area is 173 Å². The van der Waals surface area contributed by atoms with Gasteiger partial charge >= 0.3 is 6.09 Å². The Balaban J connectivity index is 0. The van der Waals surface area contributed by atoms with E-state index >= 15 is 0 Å². The van der Waals surface area contributed by atoms with Crippen LogP contribution in [0.3, 0.4) is 0 Å².